The summed E-state index contributed by atoms with van der Waals surface area (Å²) >= 11 is 0. The Balaban J connectivity index is 1.84. The van der Waals surface area contributed by atoms with Crippen LogP contribution < -0.4 is 0 Å². The van der Waals surface area contributed by atoms with Gasteiger partial charge in [0.1, 0.15) is 11.9 Å². The van der Waals surface area contributed by atoms with Gasteiger partial charge in [0.2, 0.25) is 5.79 Å². The molecule has 0 amide bonds. The van der Waals surface area contributed by atoms with Gasteiger partial charge in [0.25, 0.3) is 0 Å². The Labute approximate surface area is 115 Å². The zero-order chi connectivity index (χ0) is 14.2. The Hall–Kier alpha value is -1.69. The van der Waals surface area contributed by atoms with E-state index in [1.165, 1.54) is 30.5 Å². The Kier molecular flexibility index (Phi) is 3.33. The first-order valence-corrected chi connectivity index (χ1v) is 6.39. The average molecular weight is 278 g/mol. The molecular formula is C15H15FO4. The fourth-order valence-electron chi connectivity index (χ4n) is 2.23. The Morgan fingerprint density at radius 3 is 2.45 bits per heavy atom. The van der Waals surface area contributed by atoms with E-state index in [0.717, 1.165) is 0 Å². The molecule has 0 saturated carbocycles. The van der Waals surface area contributed by atoms with E-state index in [4.69, 9.17) is 13.9 Å². The van der Waals surface area contributed by atoms with E-state index in [2.05, 4.69) is 0 Å². The van der Waals surface area contributed by atoms with Crippen molar-refractivity contribution in [1.29, 1.82) is 0 Å². The lowest BCUT2D eigenvalue weighted by atomic mass is 10.0. The molecule has 1 aromatic heterocycles. The summed E-state index contributed by atoms with van der Waals surface area (Å²) in [6, 6.07) is 7.39. The van der Waals surface area contributed by atoms with Crippen LogP contribution >= 0.6 is 0 Å². The minimum atomic E-state index is -0.902. The lowest BCUT2D eigenvalue weighted by Gasteiger charge is -2.18. The Bertz CT molecular complexity index is 584. The van der Waals surface area contributed by atoms with Crippen molar-refractivity contribution in [2.24, 2.45) is 0 Å². The molecular weight excluding hydrogens is 263 g/mol. The molecule has 0 aliphatic carbocycles. The van der Waals surface area contributed by atoms with Gasteiger partial charge in [0.05, 0.1) is 19.5 Å². The summed E-state index contributed by atoms with van der Waals surface area (Å²) in [6.45, 7) is 2.78. The monoisotopic (exact) mass is 278 g/mol. The van der Waals surface area contributed by atoms with Gasteiger partial charge in [-0.2, -0.15) is 0 Å². The van der Waals surface area contributed by atoms with Crippen molar-refractivity contribution < 1.29 is 23.4 Å². The van der Waals surface area contributed by atoms with Crippen molar-refractivity contribution in [1.82, 2.24) is 0 Å². The highest BCUT2D eigenvalue weighted by Gasteiger charge is 2.37. The molecule has 2 aromatic rings. The molecule has 106 valence electrons. The number of aliphatic hydroxyl groups is 1. The van der Waals surface area contributed by atoms with Crippen LogP contribution in [-0.4, -0.2) is 18.3 Å². The minimum absolute atomic E-state index is 0.339. The molecule has 0 spiro atoms. The van der Waals surface area contributed by atoms with Gasteiger partial charge in [-0.1, -0.05) is 12.1 Å². The molecule has 3 rings (SSSR count). The fourth-order valence-corrected chi connectivity index (χ4v) is 2.23. The lowest BCUT2D eigenvalue weighted by molar-refractivity contribution is -0.162. The van der Waals surface area contributed by atoms with E-state index >= 15 is 0 Å². The third-order valence-electron chi connectivity index (χ3n) is 3.41. The number of benzene rings is 1. The van der Waals surface area contributed by atoms with Crippen LogP contribution in [0.5, 0.6) is 0 Å². The number of aliphatic hydroxyl groups excluding tert-OH is 1. The van der Waals surface area contributed by atoms with Crippen LogP contribution in [0, 0.1) is 5.82 Å². The fraction of sp³-hybridized carbons (Fsp3) is 0.333. The van der Waals surface area contributed by atoms with Crippen molar-refractivity contribution in [3.8, 4) is 0 Å². The van der Waals surface area contributed by atoms with E-state index in [-0.39, 0.29) is 5.82 Å². The minimum Gasteiger partial charge on any atom is -0.463 e. The summed E-state index contributed by atoms with van der Waals surface area (Å²) in [4.78, 5) is 0. The molecule has 5 heteroatoms. The van der Waals surface area contributed by atoms with Gasteiger partial charge in [-0.05, 0) is 30.7 Å². The van der Waals surface area contributed by atoms with Crippen molar-refractivity contribution in [3.63, 3.8) is 0 Å². The molecule has 1 saturated heterocycles. The molecule has 1 aliphatic heterocycles. The van der Waals surface area contributed by atoms with Crippen molar-refractivity contribution in [2.75, 3.05) is 13.2 Å². The van der Waals surface area contributed by atoms with Crippen LogP contribution in [0.3, 0.4) is 0 Å². The largest absolute Gasteiger partial charge is 0.463 e. The maximum atomic E-state index is 12.9. The Morgan fingerprint density at radius 2 is 1.80 bits per heavy atom. The Morgan fingerprint density at radius 1 is 1.15 bits per heavy atom. The molecule has 1 atom stereocenters. The molecule has 1 unspecified atom stereocenters. The van der Waals surface area contributed by atoms with Crippen molar-refractivity contribution in [2.45, 2.75) is 18.8 Å². The van der Waals surface area contributed by atoms with Crippen molar-refractivity contribution >= 4 is 0 Å². The van der Waals surface area contributed by atoms with Crippen LogP contribution in [0.1, 0.15) is 29.9 Å². The van der Waals surface area contributed by atoms with Gasteiger partial charge in [0.15, 0.2) is 5.76 Å². The zero-order valence-electron chi connectivity index (χ0n) is 11.0. The summed E-state index contributed by atoms with van der Waals surface area (Å²) in [7, 11) is 0. The third-order valence-corrected chi connectivity index (χ3v) is 3.41. The summed E-state index contributed by atoms with van der Waals surface area (Å²) in [5.41, 5.74) is 1.17. The number of hydrogen-bond donors (Lipinski definition) is 1. The SMILES string of the molecule is CC1(c2cc(C(O)c3ccc(F)cc3)co2)OCCO1. The summed E-state index contributed by atoms with van der Waals surface area (Å²) in [6.07, 6.45) is 0.581. The van der Waals surface area contributed by atoms with Gasteiger partial charge in [-0.15, -0.1) is 0 Å². The highest BCUT2D eigenvalue weighted by molar-refractivity contribution is 5.30. The van der Waals surface area contributed by atoms with Crippen LogP contribution in [0.15, 0.2) is 41.0 Å². The standard InChI is InChI=1S/C15H15FO4/c1-15(19-6-7-20-15)13-8-11(9-18-13)14(17)10-2-4-12(16)5-3-10/h2-5,8-9,14,17H,6-7H2,1H3. The molecule has 1 aliphatic rings. The number of rotatable bonds is 3. The van der Waals surface area contributed by atoms with Gasteiger partial charge in [-0.25, -0.2) is 4.39 Å². The first-order chi connectivity index (χ1) is 9.58. The second-order valence-electron chi connectivity index (χ2n) is 4.84. The quantitative estimate of drug-likeness (QED) is 0.938. The highest BCUT2D eigenvalue weighted by Crippen LogP contribution is 2.34. The van der Waals surface area contributed by atoms with Gasteiger partial charge >= 0.3 is 0 Å². The lowest BCUT2D eigenvalue weighted by Crippen LogP contribution is -2.21. The molecule has 0 bridgehead atoms. The van der Waals surface area contributed by atoms with Crippen LogP contribution in [0.4, 0.5) is 4.39 Å². The van der Waals surface area contributed by atoms with E-state index < -0.39 is 11.9 Å². The predicted molar refractivity (Wildman–Crippen MR) is 68.4 cm³/mol. The summed E-state index contributed by atoms with van der Waals surface area (Å²) in [5.74, 6) is -0.735. The van der Waals surface area contributed by atoms with E-state index in [9.17, 15) is 9.50 Å². The van der Waals surface area contributed by atoms with E-state index in [1.54, 1.807) is 13.0 Å². The molecule has 1 aromatic carbocycles. The molecule has 1 fully saturated rings. The number of halogens is 1. The zero-order valence-corrected chi connectivity index (χ0v) is 11.0. The molecule has 1 N–H and O–H groups in total. The average Bonchev–Trinajstić information content (AvgIpc) is 3.08. The first-order valence-electron chi connectivity index (χ1n) is 6.39. The smallest absolute Gasteiger partial charge is 0.225 e. The molecule has 0 radical (unpaired) electrons. The number of furan rings is 1. The number of hydrogen-bond acceptors (Lipinski definition) is 4. The highest BCUT2D eigenvalue weighted by atomic mass is 19.1. The number of ether oxygens (including phenoxy) is 2. The van der Waals surface area contributed by atoms with Gasteiger partial charge in [0, 0.05) is 5.56 Å². The first kappa shape index (κ1) is 13.3. The molecule has 4 nitrogen and oxygen atoms in total. The van der Waals surface area contributed by atoms with Gasteiger partial charge in [-0.3, -0.25) is 0 Å². The van der Waals surface area contributed by atoms with Crippen LogP contribution in [0.25, 0.3) is 0 Å². The third kappa shape index (κ3) is 2.35. The summed E-state index contributed by atoms with van der Waals surface area (Å²) < 4.78 is 29.3. The van der Waals surface area contributed by atoms with Crippen molar-refractivity contribution in [3.05, 3.63) is 59.3 Å². The van der Waals surface area contributed by atoms with Crippen LogP contribution in [-0.2, 0) is 15.3 Å². The van der Waals surface area contributed by atoms with E-state index in [0.29, 0.717) is 30.1 Å². The molecule has 2 heterocycles. The maximum absolute atomic E-state index is 12.9. The van der Waals surface area contributed by atoms with Gasteiger partial charge < -0.3 is 19.0 Å². The predicted octanol–water partition coefficient (Wildman–Crippen LogP) is 2.72. The normalized spacial score (nSPS) is 19.1. The second-order valence-corrected chi connectivity index (χ2v) is 4.84. The van der Waals surface area contributed by atoms with E-state index in [1.807, 2.05) is 0 Å². The second kappa shape index (κ2) is 5.01. The maximum Gasteiger partial charge on any atom is 0.225 e. The van der Waals surface area contributed by atoms with Crippen LogP contribution in [0.2, 0.25) is 0 Å². The topological polar surface area (TPSA) is 51.8 Å². The molecule has 20 heavy (non-hydrogen) atoms. The summed E-state index contributed by atoms with van der Waals surface area (Å²) in [5, 5.41) is 10.3.